The largest absolute Gasteiger partial charge is 0.378 e. The Kier molecular flexibility index (Phi) is 5.03. The predicted octanol–water partition coefficient (Wildman–Crippen LogP) is 4.27. The number of anilines is 2. The van der Waals surface area contributed by atoms with E-state index in [9.17, 15) is 0 Å². The zero-order chi connectivity index (χ0) is 18.8. The third kappa shape index (κ3) is 3.59. The van der Waals surface area contributed by atoms with Crippen LogP contribution >= 0.6 is 0 Å². The summed E-state index contributed by atoms with van der Waals surface area (Å²) in [5.41, 5.74) is 7.08. The lowest BCUT2D eigenvalue weighted by molar-refractivity contribution is 0.575. The van der Waals surface area contributed by atoms with Crippen molar-refractivity contribution in [2.24, 2.45) is 0 Å². The SMILES string of the molecule is Cc1cc(C)n(C(c2ccc(N(C)C)cc2)c2ccc(N(C)C)cc2)n1. The quantitative estimate of drug-likeness (QED) is 0.688. The van der Waals surface area contributed by atoms with Gasteiger partial charge < -0.3 is 9.80 Å². The maximum absolute atomic E-state index is 4.77. The van der Waals surface area contributed by atoms with Gasteiger partial charge in [-0.15, -0.1) is 0 Å². The van der Waals surface area contributed by atoms with Crippen LogP contribution in [0.3, 0.4) is 0 Å². The number of aryl methyl sites for hydroxylation is 2. The number of nitrogens with zero attached hydrogens (tertiary/aromatic N) is 4. The van der Waals surface area contributed by atoms with E-state index in [1.165, 1.54) is 28.2 Å². The van der Waals surface area contributed by atoms with Crippen molar-refractivity contribution in [3.05, 3.63) is 77.1 Å². The van der Waals surface area contributed by atoms with E-state index >= 15 is 0 Å². The summed E-state index contributed by atoms with van der Waals surface area (Å²) in [7, 11) is 8.25. The summed E-state index contributed by atoms with van der Waals surface area (Å²) in [4.78, 5) is 4.24. The summed E-state index contributed by atoms with van der Waals surface area (Å²) in [5.74, 6) is 0. The Balaban J connectivity index is 2.08. The van der Waals surface area contributed by atoms with Crippen molar-refractivity contribution in [1.29, 1.82) is 0 Å². The van der Waals surface area contributed by atoms with Crippen LogP contribution in [0.15, 0.2) is 54.6 Å². The summed E-state index contributed by atoms with van der Waals surface area (Å²) in [6.45, 7) is 4.17. The number of hydrogen-bond donors (Lipinski definition) is 0. The minimum absolute atomic E-state index is 0.0659. The highest BCUT2D eigenvalue weighted by Gasteiger charge is 2.19. The van der Waals surface area contributed by atoms with Crippen LogP contribution in [0.25, 0.3) is 0 Å². The van der Waals surface area contributed by atoms with Gasteiger partial charge in [0.2, 0.25) is 0 Å². The summed E-state index contributed by atoms with van der Waals surface area (Å²) >= 11 is 0. The molecule has 3 aromatic rings. The van der Waals surface area contributed by atoms with Crippen LogP contribution in [0.4, 0.5) is 11.4 Å². The van der Waals surface area contributed by atoms with Crippen LogP contribution < -0.4 is 9.80 Å². The van der Waals surface area contributed by atoms with E-state index in [-0.39, 0.29) is 6.04 Å². The van der Waals surface area contributed by atoms with E-state index in [2.05, 4.69) is 104 Å². The van der Waals surface area contributed by atoms with Gasteiger partial charge >= 0.3 is 0 Å². The third-order valence-electron chi connectivity index (χ3n) is 4.74. The van der Waals surface area contributed by atoms with Crippen LogP contribution in [0.2, 0.25) is 0 Å². The van der Waals surface area contributed by atoms with Crippen molar-refractivity contribution in [1.82, 2.24) is 9.78 Å². The molecule has 26 heavy (non-hydrogen) atoms. The van der Waals surface area contributed by atoms with Crippen molar-refractivity contribution < 1.29 is 0 Å². The highest BCUT2D eigenvalue weighted by molar-refractivity contribution is 5.50. The number of rotatable bonds is 5. The average Bonchev–Trinajstić information content (AvgIpc) is 2.94. The molecular formula is C22H28N4. The van der Waals surface area contributed by atoms with Gasteiger partial charge in [-0.25, -0.2) is 0 Å². The maximum Gasteiger partial charge on any atom is 0.102 e. The predicted molar refractivity (Wildman–Crippen MR) is 110 cm³/mol. The summed E-state index contributed by atoms with van der Waals surface area (Å²) in [6.07, 6.45) is 0. The van der Waals surface area contributed by atoms with Gasteiger partial charge in [0.05, 0.1) is 5.69 Å². The van der Waals surface area contributed by atoms with Crippen LogP contribution in [-0.2, 0) is 0 Å². The molecule has 4 heteroatoms. The van der Waals surface area contributed by atoms with Gasteiger partial charge in [-0.05, 0) is 55.3 Å². The van der Waals surface area contributed by atoms with E-state index in [1.54, 1.807) is 0 Å². The molecule has 2 aromatic carbocycles. The van der Waals surface area contributed by atoms with E-state index in [0.717, 1.165) is 5.69 Å². The van der Waals surface area contributed by atoms with Crippen LogP contribution in [0.1, 0.15) is 28.6 Å². The molecule has 0 amide bonds. The van der Waals surface area contributed by atoms with Crippen molar-refractivity contribution in [2.45, 2.75) is 19.9 Å². The van der Waals surface area contributed by atoms with Gasteiger partial charge in [0.25, 0.3) is 0 Å². The molecule has 0 aliphatic heterocycles. The Morgan fingerprint density at radius 1 is 0.731 bits per heavy atom. The van der Waals surface area contributed by atoms with Gasteiger partial charge in [-0.1, -0.05) is 24.3 Å². The smallest absolute Gasteiger partial charge is 0.102 e. The maximum atomic E-state index is 4.77. The van der Waals surface area contributed by atoms with Crippen molar-refractivity contribution >= 4 is 11.4 Å². The Hall–Kier alpha value is -2.75. The summed E-state index contributed by atoms with van der Waals surface area (Å²) in [5, 5.41) is 4.77. The first kappa shape index (κ1) is 18.1. The molecule has 0 N–H and O–H groups in total. The lowest BCUT2D eigenvalue weighted by Gasteiger charge is -2.22. The van der Waals surface area contributed by atoms with Crippen LogP contribution in [-0.4, -0.2) is 38.0 Å². The molecule has 3 rings (SSSR count). The fourth-order valence-electron chi connectivity index (χ4n) is 3.29. The highest BCUT2D eigenvalue weighted by atomic mass is 15.3. The second kappa shape index (κ2) is 7.24. The molecule has 0 aliphatic rings. The van der Waals surface area contributed by atoms with Gasteiger partial charge in [0.15, 0.2) is 0 Å². The molecule has 1 heterocycles. The van der Waals surface area contributed by atoms with Crippen LogP contribution in [0, 0.1) is 13.8 Å². The third-order valence-corrected chi connectivity index (χ3v) is 4.74. The number of hydrogen-bond acceptors (Lipinski definition) is 3. The molecular weight excluding hydrogens is 320 g/mol. The molecule has 1 aromatic heterocycles. The average molecular weight is 348 g/mol. The lowest BCUT2D eigenvalue weighted by atomic mass is 9.98. The minimum Gasteiger partial charge on any atom is -0.378 e. The standard InChI is InChI=1S/C22H28N4/c1-16-15-17(2)26(23-16)22(18-7-11-20(12-8-18)24(3)4)19-9-13-21(14-10-19)25(5)6/h7-15,22H,1-6H3. The van der Waals surface area contributed by atoms with Crippen molar-refractivity contribution in [3.8, 4) is 0 Å². The molecule has 136 valence electrons. The van der Waals surface area contributed by atoms with Crippen molar-refractivity contribution in [3.63, 3.8) is 0 Å². The monoisotopic (exact) mass is 348 g/mol. The zero-order valence-electron chi connectivity index (χ0n) is 16.6. The molecule has 0 saturated heterocycles. The normalized spacial score (nSPS) is 11.0. The Bertz CT molecular complexity index is 807. The van der Waals surface area contributed by atoms with Gasteiger partial charge in [-0.3, -0.25) is 4.68 Å². The van der Waals surface area contributed by atoms with Crippen LogP contribution in [0.5, 0.6) is 0 Å². The molecule has 0 bridgehead atoms. The van der Waals surface area contributed by atoms with Crippen molar-refractivity contribution in [2.75, 3.05) is 38.0 Å². The number of benzene rings is 2. The topological polar surface area (TPSA) is 24.3 Å². The molecule has 0 radical (unpaired) electrons. The first-order valence-corrected chi connectivity index (χ1v) is 8.94. The van der Waals surface area contributed by atoms with E-state index < -0.39 is 0 Å². The fraction of sp³-hybridized carbons (Fsp3) is 0.318. The summed E-state index contributed by atoms with van der Waals surface area (Å²) in [6, 6.07) is 19.7. The Morgan fingerprint density at radius 3 is 1.46 bits per heavy atom. The van der Waals surface area contributed by atoms with Gasteiger partial charge in [0, 0.05) is 45.3 Å². The summed E-state index contributed by atoms with van der Waals surface area (Å²) < 4.78 is 2.13. The molecule has 0 aliphatic carbocycles. The first-order chi connectivity index (χ1) is 12.4. The van der Waals surface area contributed by atoms with E-state index in [1.807, 2.05) is 6.92 Å². The lowest BCUT2D eigenvalue weighted by Crippen LogP contribution is -2.16. The first-order valence-electron chi connectivity index (χ1n) is 8.94. The minimum atomic E-state index is 0.0659. The molecule has 0 spiro atoms. The van der Waals surface area contributed by atoms with Gasteiger partial charge in [0.1, 0.15) is 6.04 Å². The Morgan fingerprint density at radius 2 is 1.15 bits per heavy atom. The second-order valence-corrected chi connectivity index (χ2v) is 7.25. The highest BCUT2D eigenvalue weighted by Crippen LogP contribution is 2.30. The van der Waals surface area contributed by atoms with E-state index in [4.69, 9.17) is 5.10 Å². The molecule has 0 atom stereocenters. The fourth-order valence-corrected chi connectivity index (χ4v) is 3.29. The molecule has 4 nitrogen and oxygen atoms in total. The molecule has 0 fully saturated rings. The van der Waals surface area contributed by atoms with E-state index in [0.29, 0.717) is 0 Å². The number of aromatic nitrogens is 2. The molecule has 0 saturated carbocycles. The molecule has 0 unspecified atom stereocenters. The Labute approximate surface area is 156 Å². The second-order valence-electron chi connectivity index (χ2n) is 7.25. The zero-order valence-corrected chi connectivity index (χ0v) is 16.6. The van der Waals surface area contributed by atoms with Gasteiger partial charge in [-0.2, -0.15) is 5.10 Å².